The minimum Gasteiger partial charge on any atom is -0.508 e. The zero-order valence-electron chi connectivity index (χ0n) is 21.3. The fourth-order valence-electron chi connectivity index (χ4n) is 4.84. The molecule has 10 heteroatoms. The first-order valence-corrected chi connectivity index (χ1v) is 12.7. The molecule has 0 radical (unpaired) electrons. The van der Waals surface area contributed by atoms with Gasteiger partial charge in [-0.2, -0.15) is 0 Å². The van der Waals surface area contributed by atoms with Gasteiger partial charge in [0.05, 0.1) is 9.85 Å². The first kappa shape index (κ1) is 26.5. The van der Waals surface area contributed by atoms with Crippen molar-refractivity contribution >= 4 is 11.4 Å². The molecule has 0 amide bonds. The van der Waals surface area contributed by atoms with Crippen LogP contribution in [-0.2, 0) is 12.8 Å². The van der Waals surface area contributed by atoms with Gasteiger partial charge in [0.15, 0.2) is 0 Å². The molecule has 0 aliphatic carbocycles. The Labute approximate surface area is 229 Å². The van der Waals surface area contributed by atoms with Crippen LogP contribution in [-0.4, -0.2) is 20.1 Å². The first-order chi connectivity index (χ1) is 19.3. The fourth-order valence-corrected chi connectivity index (χ4v) is 4.84. The molecule has 2 heterocycles. The van der Waals surface area contributed by atoms with Gasteiger partial charge in [-0.15, -0.1) is 0 Å². The Bertz CT molecular complexity index is 1420. The minimum absolute atomic E-state index is 0.0786. The second-order valence-corrected chi connectivity index (χ2v) is 9.57. The van der Waals surface area contributed by atoms with E-state index < -0.39 is 9.85 Å². The highest BCUT2D eigenvalue weighted by molar-refractivity contribution is 5.44. The highest BCUT2D eigenvalue weighted by atomic mass is 16.6. The van der Waals surface area contributed by atoms with Crippen molar-refractivity contribution in [3.05, 3.63) is 127 Å². The molecule has 40 heavy (non-hydrogen) atoms. The number of phenols is 2. The Balaban J connectivity index is 0.000000161. The van der Waals surface area contributed by atoms with E-state index in [1.54, 1.807) is 60.7 Å². The van der Waals surface area contributed by atoms with Crippen LogP contribution < -0.4 is 9.47 Å². The highest BCUT2D eigenvalue weighted by Gasteiger charge is 2.23. The molecule has 204 valence electrons. The van der Waals surface area contributed by atoms with E-state index in [9.17, 15) is 30.4 Å². The van der Waals surface area contributed by atoms with E-state index in [0.29, 0.717) is 0 Å². The maximum Gasteiger partial charge on any atom is 0.269 e. The first-order valence-electron chi connectivity index (χ1n) is 12.7. The second-order valence-electron chi connectivity index (χ2n) is 9.57. The van der Waals surface area contributed by atoms with Gasteiger partial charge in [-0.3, -0.25) is 20.2 Å². The predicted molar refractivity (Wildman–Crippen MR) is 146 cm³/mol. The molecule has 2 atom stereocenters. The van der Waals surface area contributed by atoms with E-state index in [4.69, 9.17) is 9.47 Å². The van der Waals surface area contributed by atoms with Crippen LogP contribution in [0.3, 0.4) is 0 Å². The van der Waals surface area contributed by atoms with E-state index in [2.05, 4.69) is 0 Å². The number of hydrogen-bond acceptors (Lipinski definition) is 8. The lowest BCUT2D eigenvalue weighted by molar-refractivity contribution is -0.385. The monoisotopic (exact) mass is 542 g/mol. The largest absolute Gasteiger partial charge is 0.508 e. The Hall–Kier alpha value is -5.12. The maximum atomic E-state index is 10.6. The highest BCUT2D eigenvalue weighted by Crippen LogP contribution is 2.38. The smallest absolute Gasteiger partial charge is 0.269 e. The van der Waals surface area contributed by atoms with Crippen LogP contribution in [0.2, 0.25) is 0 Å². The fraction of sp³-hybridized carbons (Fsp3) is 0.200. The number of nitro groups is 2. The number of non-ortho nitro benzene ring substituents is 2. The third kappa shape index (κ3) is 5.96. The number of aromatic hydroxyl groups is 2. The molecule has 4 aromatic carbocycles. The molecule has 0 aromatic heterocycles. The van der Waals surface area contributed by atoms with Crippen molar-refractivity contribution in [3.8, 4) is 23.0 Å². The summed E-state index contributed by atoms with van der Waals surface area (Å²) < 4.78 is 11.8. The minimum atomic E-state index is -0.413. The SMILES string of the molecule is O=[N+]([O-])c1ccc(C2CCc3cc(O)ccc3O2)cc1.O=[N+]([O-])c1ccc(C2CCc3cc(O)ccc3O2)cc1. The molecular formula is C30H26N2O8. The van der Waals surface area contributed by atoms with Gasteiger partial charge in [0.25, 0.3) is 11.4 Å². The lowest BCUT2D eigenvalue weighted by Crippen LogP contribution is -2.15. The van der Waals surface area contributed by atoms with E-state index in [1.165, 1.54) is 24.3 Å². The summed E-state index contributed by atoms with van der Waals surface area (Å²) in [6.07, 6.45) is 2.99. The topological polar surface area (TPSA) is 145 Å². The van der Waals surface area contributed by atoms with E-state index in [-0.39, 0.29) is 35.1 Å². The van der Waals surface area contributed by atoms with E-state index >= 15 is 0 Å². The van der Waals surface area contributed by atoms with Gasteiger partial charge < -0.3 is 19.7 Å². The molecule has 10 nitrogen and oxygen atoms in total. The molecule has 0 saturated heterocycles. The third-order valence-corrected chi connectivity index (χ3v) is 6.93. The van der Waals surface area contributed by atoms with Crippen LogP contribution in [0.25, 0.3) is 0 Å². The van der Waals surface area contributed by atoms with Gasteiger partial charge in [0.1, 0.15) is 35.2 Å². The van der Waals surface area contributed by atoms with Gasteiger partial charge in [-0.1, -0.05) is 0 Å². The summed E-state index contributed by atoms with van der Waals surface area (Å²) in [6.45, 7) is 0. The van der Waals surface area contributed by atoms with Gasteiger partial charge in [0.2, 0.25) is 0 Å². The van der Waals surface area contributed by atoms with E-state index in [0.717, 1.165) is 59.4 Å². The number of hydrogen-bond donors (Lipinski definition) is 2. The second kappa shape index (κ2) is 11.3. The summed E-state index contributed by atoms with van der Waals surface area (Å²) in [5, 5.41) is 40.1. The number of fused-ring (bicyclic) bond motifs is 2. The number of ether oxygens (including phenoxy) is 2. The van der Waals surface area contributed by atoms with Crippen molar-refractivity contribution in [1.82, 2.24) is 0 Å². The number of aryl methyl sites for hydroxylation is 2. The summed E-state index contributed by atoms with van der Waals surface area (Å²) in [6, 6.07) is 23.0. The van der Waals surface area contributed by atoms with Crippen LogP contribution in [0.15, 0.2) is 84.9 Å². The average molecular weight is 543 g/mol. The Morgan fingerprint density at radius 2 is 0.975 bits per heavy atom. The molecule has 2 unspecified atom stereocenters. The number of benzene rings is 4. The van der Waals surface area contributed by atoms with Crippen LogP contribution in [0, 0.1) is 20.2 Å². The summed E-state index contributed by atoms with van der Waals surface area (Å²) in [4.78, 5) is 20.4. The lowest BCUT2D eigenvalue weighted by Gasteiger charge is -2.26. The summed E-state index contributed by atoms with van der Waals surface area (Å²) in [5.41, 5.74) is 3.99. The maximum absolute atomic E-state index is 10.6. The third-order valence-electron chi connectivity index (χ3n) is 6.93. The molecule has 4 aromatic rings. The predicted octanol–water partition coefficient (Wildman–Crippen LogP) is 6.73. The Kier molecular flexibility index (Phi) is 7.50. The summed E-state index contributed by atoms with van der Waals surface area (Å²) in [7, 11) is 0. The molecule has 2 aliphatic heterocycles. The molecule has 0 bridgehead atoms. The van der Waals surface area contributed by atoms with E-state index in [1.807, 2.05) is 0 Å². The van der Waals surface area contributed by atoms with Crippen molar-refractivity contribution in [2.45, 2.75) is 37.9 Å². The van der Waals surface area contributed by atoms with Crippen molar-refractivity contribution in [3.63, 3.8) is 0 Å². The van der Waals surface area contributed by atoms with Gasteiger partial charge >= 0.3 is 0 Å². The normalized spacial score (nSPS) is 17.1. The van der Waals surface area contributed by atoms with Crippen molar-refractivity contribution in [1.29, 1.82) is 0 Å². The molecule has 0 spiro atoms. The quantitative estimate of drug-likeness (QED) is 0.213. The van der Waals surface area contributed by atoms with Crippen molar-refractivity contribution in [2.75, 3.05) is 0 Å². The average Bonchev–Trinajstić information content (AvgIpc) is 2.97. The van der Waals surface area contributed by atoms with Gasteiger partial charge in [-0.05, 0) is 109 Å². The van der Waals surface area contributed by atoms with Crippen molar-refractivity contribution < 1.29 is 29.5 Å². The zero-order chi connectivity index (χ0) is 28.2. The van der Waals surface area contributed by atoms with Crippen molar-refractivity contribution in [2.24, 2.45) is 0 Å². The molecule has 2 N–H and O–H groups in total. The number of phenolic OH excluding ortho intramolecular Hbond substituents is 2. The molecule has 0 saturated carbocycles. The Morgan fingerprint density at radius 3 is 1.32 bits per heavy atom. The Morgan fingerprint density at radius 1 is 0.600 bits per heavy atom. The van der Waals surface area contributed by atoms with Crippen LogP contribution in [0.5, 0.6) is 23.0 Å². The van der Waals surface area contributed by atoms with Gasteiger partial charge in [0, 0.05) is 24.3 Å². The lowest BCUT2D eigenvalue weighted by atomic mass is 9.97. The number of rotatable bonds is 4. The standard InChI is InChI=1S/2C15H13NO4/c2*17-13-6-8-15-11(9-13)3-7-14(20-15)10-1-4-12(5-2-10)16(18)19/h2*1-2,4-6,8-9,14,17H,3,7H2. The zero-order valence-corrected chi connectivity index (χ0v) is 21.3. The summed E-state index contributed by atoms with van der Waals surface area (Å²) in [5.74, 6) is 2.00. The molecular weight excluding hydrogens is 516 g/mol. The molecule has 2 aliphatic rings. The summed E-state index contributed by atoms with van der Waals surface area (Å²) >= 11 is 0. The van der Waals surface area contributed by atoms with Gasteiger partial charge in [-0.25, -0.2) is 0 Å². The molecule has 0 fully saturated rings. The van der Waals surface area contributed by atoms with Crippen LogP contribution in [0.4, 0.5) is 11.4 Å². The number of nitro benzene ring substituents is 2. The van der Waals surface area contributed by atoms with Crippen LogP contribution in [0.1, 0.15) is 47.3 Å². The van der Waals surface area contributed by atoms with Crippen LogP contribution >= 0.6 is 0 Å². The number of nitrogens with zero attached hydrogens (tertiary/aromatic N) is 2. The molecule has 6 rings (SSSR count).